The van der Waals surface area contributed by atoms with Gasteiger partial charge in [-0.15, -0.1) is 11.8 Å². The molecule has 19 heavy (non-hydrogen) atoms. The van der Waals surface area contributed by atoms with Crippen LogP contribution in [0, 0.1) is 5.82 Å². The number of aryl methyl sites for hydroxylation is 1. The third-order valence-electron chi connectivity index (χ3n) is 2.45. The summed E-state index contributed by atoms with van der Waals surface area (Å²) in [7, 11) is 0. The lowest BCUT2D eigenvalue weighted by Crippen LogP contribution is -2.00. The van der Waals surface area contributed by atoms with Crippen molar-refractivity contribution in [3.8, 4) is 0 Å². The molecule has 2 aromatic rings. The van der Waals surface area contributed by atoms with Gasteiger partial charge >= 0.3 is 0 Å². The number of nitrogens with zero attached hydrogens (tertiary/aromatic N) is 2. The Morgan fingerprint density at radius 1 is 1.32 bits per heavy atom. The molecule has 6 heteroatoms. The maximum atomic E-state index is 13.5. The Balaban J connectivity index is 2.16. The van der Waals surface area contributed by atoms with Crippen LogP contribution >= 0.6 is 39.3 Å². The fraction of sp³-hybridized carbons (Fsp3) is 0.231. The summed E-state index contributed by atoms with van der Waals surface area (Å²) >= 11 is 10.7. The second-order valence-corrected chi connectivity index (χ2v) is 5.93. The van der Waals surface area contributed by atoms with Gasteiger partial charge in [0.1, 0.15) is 16.8 Å². The highest BCUT2D eigenvalue weighted by Crippen LogP contribution is 2.27. The molecule has 2 nitrogen and oxygen atoms in total. The van der Waals surface area contributed by atoms with Crippen LogP contribution in [-0.2, 0) is 12.2 Å². The number of hydrogen-bond donors (Lipinski definition) is 0. The van der Waals surface area contributed by atoms with Crippen LogP contribution in [0.25, 0.3) is 0 Å². The van der Waals surface area contributed by atoms with Crippen molar-refractivity contribution in [1.82, 2.24) is 9.97 Å². The zero-order valence-corrected chi connectivity index (χ0v) is 13.3. The van der Waals surface area contributed by atoms with Crippen LogP contribution in [0.4, 0.5) is 4.39 Å². The Hall–Kier alpha value is -0.650. The molecule has 0 aliphatic carbocycles. The number of halogens is 3. The van der Waals surface area contributed by atoms with E-state index in [4.69, 9.17) is 11.6 Å². The van der Waals surface area contributed by atoms with Crippen LogP contribution in [0.1, 0.15) is 18.4 Å². The van der Waals surface area contributed by atoms with Gasteiger partial charge in [0.2, 0.25) is 0 Å². The predicted molar refractivity (Wildman–Crippen MR) is 80.1 cm³/mol. The fourth-order valence-corrected chi connectivity index (χ4v) is 2.97. The average molecular weight is 362 g/mol. The minimum absolute atomic E-state index is 0.230. The molecule has 0 fully saturated rings. The van der Waals surface area contributed by atoms with Crippen molar-refractivity contribution >= 4 is 39.3 Å². The normalized spacial score (nSPS) is 10.7. The maximum absolute atomic E-state index is 13.5. The monoisotopic (exact) mass is 360 g/mol. The van der Waals surface area contributed by atoms with Crippen LogP contribution in [0.15, 0.2) is 33.6 Å². The summed E-state index contributed by atoms with van der Waals surface area (Å²) in [4.78, 5) is 9.19. The first-order valence-corrected chi connectivity index (χ1v) is 7.85. The zero-order chi connectivity index (χ0) is 13.8. The minimum Gasteiger partial charge on any atom is -0.236 e. The average Bonchev–Trinajstić information content (AvgIpc) is 2.41. The van der Waals surface area contributed by atoms with Crippen LogP contribution in [0.5, 0.6) is 0 Å². The summed E-state index contributed by atoms with van der Waals surface area (Å²) in [6.45, 7) is 2.00. The van der Waals surface area contributed by atoms with Gasteiger partial charge in [-0.1, -0.05) is 30.7 Å². The van der Waals surface area contributed by atoms with Crippen molar-refractivity contribution in [3.05, 3.63) is 51.2 Å². The van der Waals surface area contributed by atoms with Gasteiger partial charge in [-0.2, -0.15) is 0 Å². The van der Waals surface area contributed by atoms with Crippen molar-refractivity contribution < 1.29 is 4.39 Å². The zero-order valence-electron chi connectivity index (χ0n) is 10.2. The Labute approximate surface area is 128 Å². The number of benzene rings is 1. The van der Waals surface area contributed by atoms with Crippen LogP contribution in [0.3, 0.4) is 0 Å². The van der Waals surface area contributed by atoms with Crippen LogP contribution < -0.4 is 0 Å². The van der Waals surface area contributed by atoms with E-state index in [-0.39, 0.29) is 5.82 Å². The smallest absolute Gasteiger partial charge is 0.147 e. The highest BCUT2D eigenvalue weighted by molar-refractivity contribution is 9.10. The molecule has 0 spiro atoms. The topological polar surface area (TPSA) is 25.8 Å². The Morgan fingerprint density at radius 3 is 2.74 bits per heavy atom. The molecule has 0 unspecified atom stereocenters. The molecule has 0 aliphatic heterocycles. The van der Waals surface area contributed by atoms with E-state index in [0.29, 0.717) is 21.6 Å². The van der Waals surface area contributed by atoms with E-state index in [0.717, 1.165) is 16.6 Å². The highest BCUT2D eigenvalue weighted by atomic mass is 79.9. The van der Waals surface area contributed by atoms with Crippen molar-refractivity contribution in [2.45, 2.75) is 24.0 Å². The first-order valence-electron chi connectivity index (χ1n) is 5.70. The molecule has 0 N–H and O–H groups in total. The third kappa shape index (κ3) is 3.68. The van der Waals surface area contributed by atoms with E-state index in [1.165, 1.54) is 17.8 Å². The summed E-state index contributed by atoms with van der Waals surface area (Å²) in [6, 6.07) is 6.65. The molecule has 1 heterocycles. The summed E-state index contributed by atoms with van der Waals surface area (Å²) in [5.74, 6) is 0.866. The van der Waals surface area contributed by atoms with E-state index >= 15 is 0 Å². The van der Waals surface area contributed by atoms with Gasteiger partial charge in [0.15, 0.2) is 0 Å². The lowest BCUT2D eigenvalue weighted by atomic mass is 10.3. The lowest BCUT2D eigenvalue weighted by molar-refractivity contribution is 0.602. The van der Waals surface area contributed by atoms with E-state index < -0.39 is 0 Å². The van der Waals surface area contributed by atoms with Gasteiger partial charge in [-0.3, -0.25) is 0 Å². The molecule has 100 valence electrons. The molecule has 1 aromatic heterocycles. The molecule has 0 aliphatic rings. The standard InChI is InChI=1S/C13H11BrClFN2S/c1-2-9-12(14)13(15)18-11(17-9)7-19-10-6-4-3-5-8(10)16/h3-6H,2,7H2,1H3. The first-order chi connectivity index (χ1) is 9.11. The van der Waals surface area contributed by atoms with Gasteiger partial charge in [0.05, 0.1) is 15.9 Å². The Kier molecular flexibility index (Phi) is 5.19. The molecular formula is C13H11BrClFN2S. The van der Waals surface area contributed by atoms with Crippen molar-refractivity contribution in [1.29, 1.82) is 0 Å². The molecule has 0 atom stereocenters. The summed E-state index contributed by atoms with van der Waals surface area (Å²) < 4.78 is 14.2. The first kappa shape index (κ1) is 14.8. The molecule has 0 amide bonds. The van der Waals surface area contributed by atoms with Crippen molar-refractivity contribution in [3.63, 3.8) is 0 Å². The maximum Gasteiger partial charge on any atom is 0.147 e. The summed E-state index contributed by atoms with van der Waals surface area (Å²) in [6.07, 6.45) is 0.764. The largest absolute Gasteiger partial charge is 0.236 e. The highest BCUT2D eigenvalue weighted by Gasteiger charge is 2.10. The summed E-state index contributed by atoms with van der Waals surface area (Å²) in [5.41, 5.74) is 0.865. The predicted octanol–water partition coefficient (Wildman–Crippen LogP) is 4.89. The van der Waals surface area contributed by atoms with Gasteiger partial charge in [0.25, 0.3) is 0 Å². The van der Waals surface area contributed by atoms with E-state index in [9.17, 15) is 4.39 Å². The fourth-order valence-electron chi connectivity index (χ4n) is 1.51. The number of rotatable bonds is 4. The molecule has 0 bridgehead atoms. The Morgan fingerprint density at radius 2 is 2.05 bits per heavy atom. The SMILES string of the molecule is CCc1nc(CSc2ccccc2F)nc(Cl)c1Br. The second kappa shape index (κ2) is 6.68. The van der Waals surface area contributed by atoms with E-state index in [2.05, 4.69) is 25.9 Å². The number of aromatic nitrogens is 2. The van der Waals surface area contributed by atoms with E-state index in [1.807, 2.05) is 6.92 Å². The van der Waals surface area contributed by atoms with Crippen molar-refractivity contribution in [2.75, 3.05) is 0 Å². The van der Waals surface area contributed by atoms with Crippen LogP contribution in [0.2, 0.25) is 5.15 Å². The molecule has 1 aromatic carbocycles. The molecule has 0 saturated carbocycles. The summed E-state index contributed by atoms with van der Waals surface area (Å²) in [5, 5.41) is 0.399. The van der Waals surface area contributed by atoms with Gasteiger partial charge in [-0.25, -0.2) is 14.4 Å². The van der Waals surface area contributed by atoms with Gasteiger partial charge < -0.3 is 0 Å². The third-order valence-corrected chi connectivity index (χ3v) is 4.83. The number of thioether (sulfide) groups is 1. The lowest BCUT2D eigenvalue weighted by Gasteiger charge is -2.07. The second-order valence-electron chi connectivity index (χ2n) is 3.76. The van der Waals surface area contributed by atoms with E-state index in [1.54, 1.807) is 18.2 Å². The molecule has 0 radical (unpaired) electrons. The van der Waals surface area contributed by atoms with Gasteiger partial charge in [-0.05, 0) is 34.5 Å². The number of hydrogen-bond acceptors (Lipinski definition) is 3. The van der Waals surface area contributed by atoms with Gasteiger partial charge in [0, 0.05) is 4.90 Å². The molecular weight excluding hydrogens is 351 g/mol. The molecule has 0 saturated heterocycles. The van der Waals surface area contributed by atoms with Crippen molar-refractivity contribution in [2.24, 2.45) is 0 Å². The Bertz CT molecular complexity index is 595. The molecule has 2 rings (SSSR count). The quantitative estimate of drug-likeness (QED) is 0.573. The van der Waals surface area contributed by atoms with Crippen LogP contribution in [-0.4, -0.2) is 9.97 Å². The minimum atomic E-state index is -0.230.